The van der Waals surface area contributed by atoms with Gasteiger partial charge in [0.25, 0.3) is 11.8 Å². The molecule has 1 aromatic carbocycles. The normalized spacial score (nSPS) is 13.4. The number of carbonyl (C=O) groups is 3. The van der Waals surface area contributed by atoms with Crippen LogP contribution in [-0.4, -0.2) is 35.5 Å². The molecule has 1 aliphatic rings. The molecular formula is C25H30N4O4. The van der Waals surface area contributed by atoms with Crippen LogP contribution in [0.2, 0.25) is 0 Å². The van der Waals surface area contributed by atoms with E-state index in [0.29, 0.717) is 16.9 Å². The molecule has 2 aromatic rings. The van der Waals surface area contributed by atoms with Gasteiger partial charge in [0, 0.05) is 17.3 Å². The Morgan fingerprint density at radius 3 is 2.45 bits per heavy atom. The lowest BCUT2D eigenvalue weighted by Gasteiger charge is -2.19. The first-order chi connectivity index (χ1) is 15.7. The standard InChI is InChI=1S/C25H30N4O4/c1-15-9-10-19(11-16(15)2)25(32)27-13-23(31)33-14-22(30)28-24-21(12-26)17(3)18(4)29(24)20-7-5-6-8-20/h9-11,20H,5-8,13-14H2,1-4H3,(H,27,32)(H,28,30). The molecule has 1 fully saturated rings. The average Bonchev–Trinajstić information content (AvgIpc) is 3.39. The zero-order valence-corrected chi connectivity index (χ0v) is 19.6. The van der Waals surface area contributed by atoms with Crippen LogP contribution in [-0.2, 0) is 14.3 Å². The highest BCUT2D eigenvalue weighted by Crippen LogP contribution is 2.37. The van der Waals surface area contributed by atoms with Crippen LogP contribution in [0, 0.1) is 39.0 Å². The summed E-state index contributed by atoms with van der Waals surface area (Å²) >= 11 is 0. The van der Waals surface area contributed by atoms with Crippen molar-refractivity contribution in [3.8, 4) is 6.07 Å². The Kier molecular flexibility index (Phi) is 7.54. The van der Waals surface area contributed by atoms with Crippen LogP contribution in [0.5, 0.6) is 0 Å². The van der Waals surface area contributed by atoms with Gasteiger partial charge in [-0.15, -0.1) is 0 Å². The van der Waals surface area contributed by atoms with E-state index in [1.54, 1.807) is 12.1 Å². The molecule has 2 amide bonds. The number of nitriles is 1. The third kappa shape index (κ3) is 5.43. The van der Waals surface area contributed by atoms with Gasteiger partial charge in [-0.3, -0.25) is 14.4 Å². The maximum absolute atomic E-state index is 12.5. The molecule has 0 radical (unpaired) electrons. The van der Waals surface area contributed by atoms with Crippen molar-refractivity contribution in [2.45, 2.75) is 59.4 Å². The van der Waals surface area contributed by atoms with Crippen molar-refractivity contribution in [3.05, 3.63) is 51.7 Å². The van der Waals surface area contributed by atoms with Crippen LogP contribution >= 0.6 is 0 Å². The van der Waals surface area contributed by atoms with Gasteiger partial charge in [0.1, 0.15) is 18.4 Å². The summed E-state index contributed by atoms with van der Waals surface area (Å²) in [6, 6.07) is 7.70. The molecule has 3 rings (SSSR count). The molecule has 8 nitrogen and oxygen atoms in total. The van der Waals surface area contributed by atoms with Gasteiger partial charge in [0.15, 0.2) is 6.61 Å². The van der Waals surface area contributed by atoms with Gasteiger partial charge in [-0.2, -0.15) is 5.26 Å². The van der Waals surface area contributed by atoms with Gasteiger partial charge in [-0.1, -0.05) is 18.9 Å². The quantitative estimate of drug-likeness (QED) is 0.626. The lowest BCUT2D eigenvalue weighted by molar-refractivity contribution is -0.146. The Morgan fingerprint density at radius 1 is 1.12 bits per heavy atom. The number of aromatic nitrogens is 1. The monoisotopic (exact) mass is 450 g/mol. The van der Waals surface area contributed by atoms with Gasteiger partial charge in [0.05, 0.1) is 5.56 Å². The topological polar surface area (TPSA) is 113 Å². The van der Waals surface area contributed by atoms with E-state index in [1.165, 1.54) is 0 Å². The number of nitrogens with zero attached hydrogens (tertiary/aromatic N) is 2. The molecule has 0 saturated heterocycles. The highest BCUT2D eigenvalue weighted by Gasteiger charge is 2.26. The number of esters is 1. The number of aryl methyl sites for hydroxylation is 2. The minimum Gasteiger partial charge on any atom is -0.454 e. The molecule has 1 heterocycles. The van der Waals surface area contributed by atoms with Crippen molar-refractivity contribution in [1.29, 1.82) is 5.26 Å². The minimum absolute atomic E-state index is 0.240. The average molecular weight is 451 g/mol. The van der Waals surface area contributed by atoms with Gasteiger partial charge in [-0.05, 0) is 69.4 Å². The largest absolute Gasteiger partial charge is 0.454 e. The van der Waals surface area contributed by atoms with Crippen LogP contribution < -0.4 is 10.6 Å². The molecule has 0 aliphatic heterocycles. The molecule has 2 N–H and O–H groups in total. The van der Waals surface area contributed by atoms with Gasteiger partial charge >= 0.3 is 5.97 Å². The van der Waals surface area contributed by atoms with Gasteiger partial charge in [0.2, 0.25) is 0 Å². The second-order valence-corrected chi connectivity index (χ2v) is 8.54. The number of benzene rings is 1. The summed E-state index contributed by atoms with van der Waals surface area (Å²) in [5.74, 6) is -1.18. The zero-order valence-electron chi connectivity index (χ0n) is 19.6. The number of carbonyl (C=O) groups excluding carboxylic acids is 3. The summed E-state index contributed by atoms with van der Waals surface area (Å²) in [5, 5.41) is 14.9. The summed E-state index contributed by atoms with van der Waals surface area (Å²) in [6.45, 7) is 6.82. The summed E-state index contributed by atoms with van der Waals surface area (Å²) < 4.78 is 7.06. The second kappa shape index (κ2) is 10.3. The van der Waals surface area contributed by atoms with E-state index < -0.39 is 24.4 Å². The fourth-order valence-electron chi connectivity index (χ4n) is 4.21. The predicted molar refractivity (Wildman–Crippen MR) is 124 cm³/mol. The van der Waals surface area contributed by atoms with Crippen LogP contribution in [0.3, 0.4) is 0 Å². The number of ether oxygens (including phenoxy) is 1. The summed E-state index contributed by atoms with van der Waals surface area (Å²) in [6.07, 6.45) is 4.22. The van der Waals surface area contributed by atoms with Crippen molar-refractivity contribution in [2.75, 3.05) is 18.5 Å². The number of anilines is 1. The second-order valence-electron chi connectivity index (χ2n) is 8.54. The van der Waals surface area contributed by atoms with E-state index in [2.05, 4.69) is 16.7 Å². The maximum Gasteiger partial charge on any atom is 0.325 e. The van der Waals surface area contributed by atoms with Crippen LogP contribution in [0.1, 0.15) is 70.0 Å². The Hall–Kier alpha value is -3.60. The molecule has 1 saturated carbocycles. The first kappa shape index (κ1) is 24.1. The van der Waals surface area contributed by atoms with Crippen molar-refractivity contribution in [2.24, 2.45) is 0 Å². The number of nitrogens with one attached hydrogen (secondary N) is 2. The van der Waals surface area contributed by atoms with E-state index in [1.807, 2.05) is 38.3 Å². The highest BCUT2D eigenvalue weighted by atomic mass is 16.5. The lowest BCUT2D eigenvalue weighted by atomic mass is 10.1. The van der Waals surface area contributed by atoms with Crippen LogP contribution in [0.25, 0.3) is 0 Å². The SMILES string of the molecule is Cc1ccc(C(=O)NCC(=O)OCC(=O)Nc2c(C#N)c(C)c(C)n2C2CCCC2)cc1C. The molecule has 1 aromatic heterocycles. The number of amides is 2. The Bertz CT molecular complexity index is 1120. The first-order valence-electron chi connectivity index (χ1n) is 11.1. The number of hydrogen-bond acceptors (Lipinski definition) is 5. The minimum atomic E-state index is -0.721. The summed E-state index contributed by atoms with van der Waals surface area (Å²) in [7, 11) is 0. The Morgan fingerprint density at radius 2 is 1.82 bits per heavy atom. The number of hydrogen-bond donors (Lipinski definition) is 2. The third-order valence-corrected chi connectivity index (χ3v) is 6.34. The molecule has 174 valence electrons. The van der Waals surface area contributed by atoms with E-state index in [9.17, 15) is 19.6 Å². The Balaban J connectivity index is 1.56. The fraction of sp³-hybridized carbons (Fsp3) is 0.440. The Labute approximate surface area is 193 Å². The highest BCUT2D eigenvalue weighted by molar-refractivity contribution is 5.97. The van der Waals surface area contributed by atoms with Gasteiger partial charge in [-0.25, -0.2) is 0 Å². The third-order valence-electron chi connectivity index (χ3n) is 6.34. The van der Waals surface area contributed by atoms with Crippen LogP contribution in [0.15, 0.2) is 18.2 Å². The molecule has 0 spiro atoms. The zero-order chi connectivity index (χ0) is 24.1. The molecule has 8 heteroatoms. The van der Waals surface area contributed by atoms with Crippen LogP contribution in [0.4, 0.5) is 5.82 Å². The van der Waals surface area contributed by atoms with E-state index >= 15 is 0 Å². The van der Waals surface area contributed by atoms with E-state index in [4.69, 9.17) is 4.74 Å². The van der Waals surface area contributed by atoms with Gasteiger partial charge < -0.3 is 19.9 Å². The molecule has 33 heavy (non-hydrogen) atoms. The summed E-state index contributed by atoms with van der Waals surface area (Å²) in [5.41, 5.74) is 4.73. The molecular weight excluding hydrogens is 420 g/mol. The molecule has 0 bridgehead atoms. The predicted octanol–water partition coefficient (Wildman–Crippen LogP) is 3.62. The molecule has 1 aliphatic carbocycles. The van der Waals surface area contributed by atoms with E-state index in [0.717, 1.165) is 48.1 Å². The fourth-order valence-corrected chi connectivity index (χ4v) is 4.21. The van der Waals surface area contributed by atoms with E-state index in [-0.39, 0.29) is 12.6 Å². The molecule has 0 atom stereocenters. The summed E-state index contributed by atoms with van der Waals surface area (Å²) in [4.78, 5) is 36.8. The number of rotatable bonds is 7. The smallest absolute Gasteiger partial charge is 0.325 e. The van der Waals surface area contributed by atoms with Crippen molar-refractivity contribution < 1.29 is 19.1 Å². The first-order valence-corrected chi connectivity index (χ1v) is 11.1. The molecule has 0 unspecified atom stereocenters. The lowest BCUT2D eigenvalue weighted by Crippen LogP contribution is -2.32. The van der Waals surface area contributed by atoms with Crippen molar-refractivity contribution in [3.63, 3.8) is 0 Å². The maximum atomic E-state index is 12.5. The van der Waals surface area contributed by atoms with Crippen molar-refractivity contribution in [1.82, 2.24) is 9.88 Å². The van der Waals surface area contributed by atoms with Crippen molar-refractivity contribution >= 4 is 23.6 Å².